The lowest BCUT2D eigenvalue weighted by Crippen LogP contribution is -2.02. The molecule has 0 aliphatic carbocycles. The smallest absolute Gasteiger partial charge is 0.330 e. The van der Waals surface area contributed by atoms with Crippen molar-refractivity contribution in [2.45, 2.75) is 19.3 Å². The Kier molecular flexibility index (Phi) is 6.56. The Morgan fingerprint density at radius 3 is 2.77 bits per heavy atom. The molecule has 0 rings (SSSR count). The molecule has 0 aromatic rings. The van der Waals surface area contributed by atoms with Crippen LogP contribution in [0.1, 0.15) is 19.3 Å². The number of nitrogens with zero attached hydrogens (tertiary/aromatic N) is 1. The van der Waals surface area contributed by atoms with Gasteiger partial charge in [0.2, 0.25) is 0 Å². The third-order valence-electron chi connectivity index (χ3n) is 1.43. The standard InChI is InChI=1S/C9H13NO3/c1-8(9(11)12)4-2-6-13-7-3-5-10/h1-4,6-7H2,(H,11,12). The molecule has 0 aromatic heterocycles. The normalized spacial score (nSPS) is 9.15. The van der Waals surface area contributed by atoms with Gasteiger partial charge >= 0.3 is 5.97 Å². The second kappa shape index (κ2) is 7.32. The molecule has 0 aromatic carbocycles. The average Bonchev–Trinajstić information content (AvgIpc) is 2.10. The summed E-state index contributed by atoms with van der Waals surface area (Å²) in [6.07, 6.45) is 1.44. The van der Waals surface area contributed by atoms with Crippen LogP contribution in [0.2, 0.25) is 0 Å². The molecule has 72 valence electrons. The third-order valence-corrected chi connectivity index (χ3v) is 1.43. The molecular formula is C9H13NO3. The van der Waals surface area contributed by atoms with Crippen molar-refractivity contribution in [3.8, 4) is 6.07 Å². The van der Waals surface area contributed by atoms with Crippen LogP contribution in [0, 0.1) is 11.3 Å². The van der Waals surface area contributed by atoms with Gasteiger partial charge < -0.3 is 9.84 Å². The molecule has 1 N–H and O–H groups in total. The van der Waals surface area contributed by atoms with Gasteiger partial charge in [-0.25, -0.2) is 4.79 Å². The molecule has 0 saturated heterocycles. The van der Waals surface area contributed by atoms with Crippen molar-refractivity contribution in [3.05, 3.63) is 12.2 Å². The Labute approximate surface area is 77.4 Å². The predicted molar refractivity (Wildman–Crippen MR) is 47.1 cm³/mol. The molecule has 0 amide bonds. The SMILES string of the molecule is C=C(CCCOCCC#N)C(=O)O. The summed E-state index contributed by atoms with van der Waals surface area (Å²) in [7, 11) is 0. The molecule has 4 nitrogen and oxygen atoms in total. The van der Waals surface area contributed by atoms with Gasteiger partial charge in [0.1, 0.15) is 0 Å². The Balaban J connectivity index is 3.22. The molecule has 0 aliphatic heterocycles. The maximum Gasteiger partial charge on any atom is 0.330 e. The number of rotatable bonds is 7. The molecule has 0 atom stereocenters. The number of ether oxygens (including phenoxy) is 1. The first kappa shape index (κ1) is 11.7. The molecule has 0 radical (unpaired) electrons. The quantitative estimate of drug-likeness (QED) is 0.477. The van der Waals surface area contributed by atoms with Gasteiger partial charge in [0, 0.05) is 12.2 Å². The Morgan fingerprint density at radius 2 is 2.23 bits per heavy atom. The lowest BCUT2D eigenvalue weighted by atomic mass is 10.2. The van der Waals surface area contributed by atoms with E-state index in [0.29, 0.717) is 32.5 Å². The summed E-state index contributed by atoms with van der Waals surface area (Å²) in [5.74, 6) is -0.961. The summed E-state index contributed by atoms with van der Waals surface area (Å²) in [4.78, 5) is 10.3. The summed E-state index contributed by atoms with van der Waals surface area (Å²) >= 11 is 0. The van der Waals surface area contributed by atoms with Crippen molar-refractivity contribution in [1.29, 1.82) is 5.26 Å². The number of nitriles is 1. The van der Waals surface area contributed by atoms with Crippen LogP contribution in [0.25, 0.3) is 0 Å². The van der Waals surface area contributed by atoms with Gasteiger partial charge in [0.15, 0.2) is 0 Å². The first-order valence-electron chi connectivity index (χ1n) is 4.04. The summed E-state index contributed by atoms with van der Waals surface area (Å²) in [5, 5.41) is 16.6. The molecular weight excluding hydrogens is 170 g/mol. The van der Waals surface area contributed by atoms with Crippen LogP contribution >= 0.6 is 0 Å². The number of carboxylic acids is 1. The number of hydrogen-bond acceptors (Lipinski definition) is 3. The molecule has 0 unspecified atom stereocenters. The molecule has 4 heteroatoms. The minimum atomic E-state index is -0.961. The predicted octanol–water partition coefficient (Wildman–Crippen LogP) is 1.34. The van der Waals surface area contributed by atoms with E-state index in [1.807, 2.05) is 6.07 Å². The van der Waals surface area contributed by atoms with Crippen LogP contribution < -0.4 is 0 Å². The maximum absolute atomic E-state index is 10.3. The molecule has 13 heavy (non-hydrogen) atoms. The van der Waals surface area contributed by atoms with Gasteiger partial charge in [-0.15, -0.1) is 0 Å². The van der Waals surface area contributed by atoms with Crippen molar-refractivity contribution in [2.75, 3.05) is 13.2 Å². The lowest BCUT2D eigenvalue weighted by molar-refractivity contribution is -0.132. The van der Waals surface area contributed by atoms with Gasteiger partial charge in [-0.05, 0) is 12.8 Å². The zero-order chi connectivity index (χ0) is 10.1. The summed E-state index contributed by atoms with van der Waals surface area (Å²) < 4.78 is 5.05. The lowest BCUT2D eigenvalue weighted by Gasteiger charge is -2.01. The van der Waals surface area contributed by atoms with Crippen molar-refractivity contribution >= 4 is 5.97 Å². The fourth-order valence-electron chi connectivity index (χ4n) is 0.714. The van der Waals surface area contributed by atoms with E-state index in [1.165, 1.54) is 0 Å². The van der Waals surface area contributed by atoms with Gasteiger partial charge in [0.25, 0.3) is 0 Å². The highest BCUT2D eigenvalue weighted by Gasteiger charge is 2.02. The van der Waals surface area contributed by atoms with E-state index in [-0.39, 0.29) is 5.57 Å². The summed E-state index contributed by atoms with van der Waals surface area (Å²) in [6.45, 7) is 4.27. The van der Waals surface area contributed by atoms with Gasteiger partial charge in [-0.1, -0.05) is 6.58 Å². The van der Waals surface area contributed by atoms with E-state index in [2.05, 4.69) is 6.58 Å². The molecule has 0 bridgehead atoms. The topological polar surface area (TPSA) is 70.3 Å². The van der Waals surface area contributed by atoms with Crippen LogP contribution in [-0.4, -0.2) is 24.3 Å². The highest BCUT2D eigenvalue weighted by molar-refractivity contribution is 5.85. The first-order valence-corrected chi connectivity index (χ1v) is 4.04. The van der Waals surface area contributed by atoms with E-state index in [1.54, 1.807) is 0 Å². The second-order valence-electron chi connectivity index (χ2n) is 2.53. The van der Waals surface area contributed by atoms with Crippen LogP contribution in [0.5, 0.6) is 0 Å². The van der Waals surface area contributed by atoms with Gasteiger partial charge in [-0.2, -0.15) is 5.26 Å². The Bertz CT molecular complexity index is 217. The maximum atomic E-state index is 10.3. The summed E-state index contributed by atoms with van der Waals surface area (Å²) in [6, 6.07) is 1.95. The third kappa shape index (κ3) is 7.04. The summed E-state index contributed by atoms with van der Waals surface area (Å²) in [5.41, 5.74) is 0.198. The number of aliphatic carboxylic acids is 1. The number of hydrogen-bond donors (Lipinski definition) is 1. The van der Waals surface area contributed by atoms with Crippen LogP contribution in [-0.2, 0) is 9.53 Å². The Hall–Kier alpha value is -1.34. The highest BCUT2D eigenvalue weighted by atomic mass is 16.5. The van der Waals surface area contributed by atoms with Crippen LogP contribution in [0.3, 0.4) is 0 Å². The van der Waals surface area contributed by atoms with Crippen molar-refractivity contribution in [1.82, 2.24) is 0 Å². The Morgan fingerprint density at radius 1 is 1.54 bits per heavy atom. The molecule has 0 heterocycles. The number of carbonyl (C=O) groups is 1. The second-order valence-corrected chi connectivity index (χ2v) is 2.53. The van der Waals surface area contributed by atoms with E-state index in [9.17, 15) is 4.79 Å². The fourth-order valence-corrected chi connectivity index (χ4v) is 0.714. The van der Waals surface area contributed by atoms with Crippen molar-refractivity contribution in [2.24, 2.45) is 0 Å². The first-order chi connectivity index (χ1) is 6.18. The fraction of sp³-hybridized carbons (Fsp3) is 0.556. The van der Waals surface area contributed by atoms with Crippen LogP contribution in [0.4, 0.5) is 0 Å². The van der Waals surface area contributed by atoms with E-state index < -0.39 is 5.97 Å². The monoisotopic (exact) mass is 183 g/mol. The van der Waals surface area contributed by atoms with Gasteiger partial charge in [-0.3, -0.25) is 0 Å². The molecule has 0 spiro atoms. The van der Waals surface area contributed by atoms with Crippen molar-refractivity contribution < 1.29 is 14.6 Å². The van der Waals surface area contributed by atoms with E-state index in [0.717, 1.165) is 0 Å². The average molecular weight is 183 g/mol. The minimum Gasteiger partial charge on any atom is -0.478 e. The largest absolute Gasteiger partial charge is 0.478 e. The van der Waals surface area contributed by atoms with Gasteiger partial charge in [0.05, 0.1) is 19.1 Å². The highest BCUT2D eigenvalue weighted by Crippen LogP contribution is 2.02. The molecule has 0 saturated carbocycles. The van der Waals surface area contributed by atoms with E-state index >= 15 is 0 Å². The minimum absolute atomic E-state index is 0.198. The molecule has 0 aliphatic rings. The zero-order valence-electron chi connectivity index (χ0n) is 7.45. The van der Waals surface area contributed by atoms with E-state index in [4.69, 9.17) is 15.1 Å². The molecule has 0 fully saturated rings. The van der Waals surface area contributed by atoms with Crippen molar-refractivity contribution in [3.63, 3.8) is 0 Å². The number of carboxylic acid groups (broad SMARTS) is 1. The van der Waals surface area contributed by atoms with Crippen LogP contribution in [0.15, 0.2) is 12.2 Å². The zero-order valence-corrected chi connectivity index (χ0v) is 7.45.